The van der Waals surface area contributed by atoms with Gasteiger partial charge in [0.05, 0.1) is 16.3 Å². The summed E-state index contributed by atoms with van der Waals surface area (Å²) in [7, 11) is 0. The van der Waals surface area contributed by atoms with Crippen LogP contribution in [0.2, 0.25) is 10.0 Å². The van der Waals surface area contributed by atoms with E-state index in [4.69, 9.17) is 34.7 Å². The second kappa shape index (κ2) is 6.14. The van der Waals surface area contributed by atoms with Crippen LogP contribution in [0.5, 0.6) is 0 Å². The number of carbonyl (C=O) groups is 1. The van der Waals surface area contributed by atoms with E-state index in [-0.39, 0.29) is 33.2 Å². The lowest BCUT2D eigenvalue weighted by molar-refractivity contribution is 0.0697. The molecule has 1 spiro atoms. The number of carboxylic acids is 1. The van der Waals surface area contributed by atoms with Gasteiger partial charge in [-0.25, -0.2) is 9.79 Å². The summed E-state index contributed by atoms with van der Waals surface area (Å²) in [4.78, 5) is 21.9. The van der Waals surface area contributed by atoms with E-state index in [0.717, 1.165) is 19.3 Å². The summed E-state index contributed by atoms with van der Waals surface area (Å²) in [6.07, 6.45) is 4.29. The molecule has 128 valence electrons. The fourth-order valence-corrected chi connectivity index (χ4v) is 3.98. The summed E-state index contributed by atoms with van der Waals surface area (Å²) in [5, 5.41) is 10.00. The van der Waals surface area contributed by atoms with Crippen molar-refractivity contribution in [3.05, 3.63) is 27.7 Å². The zero-order valence-electron chi connectivity index (χ0n) is 12.8. The van der Waals surface area contributed by atoms with Crippen LogP contribution in [0.15, 0.2) is 22.1 Å². The number of benzene rings is 1. The highest BCUT2D eigenvalue weighted by atomic mass is 35.5. The molecule has 0 radical (unpaired) electrons. The minimum atomic E-state index is -1.16. The maximum absolute atomic E-state index is 11.7. The first-order valence-corrected chi connectivity index (χ1v) is 8.32. The lowest BCUT2D eigenvalue weighted by Crippen LogP contribution is -2.58. The highest BCUT2D eigenvalue weighted by Gasteiger charge is 2.44. The van der Waals surface area contributed by atoms with E-state index in [1.54, 1.807) is 4.90 Å². The maximum Gasteiger partial charge on any atom is 0.337 e. The SMILES string of the molecule is NC1=NC2(CCCCC2)N(c2c(Cl)cc(Cl)cc2C(=O)O)C(N)=N1. The Labute approximate surface area is 148 Å². The summed E-state index contributed by atoms with van der Waals surface area (Å²) < 4.78 is 0. The van der Waals surface area contributed by atoms with Crippen molar-refractivity contribution in [3.63, 3.8) is 0 Å². The number of nitrogens with two attached hydrogens (primary N) is 2. The quantitative estimate of drug-likeness (QED) is 0.740. The first-order valence-electron chi connectivity index (χ1n) is 7.56. The van der Waals surface area contributed by atoms with E-state index >= 15 is 0 Å². The summed E-state index contributed by atoms with van der Waals surface area (Å²) in [5.41, 5.74) is 11.4. The Morgan fingerprint density at radius 1 is 1.21 bits per heavy atom. The van der Waals surface area contributed by atoms with Crippen molar-refractivity contribution in [2.24, 2.45) is 21.5 Å². The Hall–Kier alpha value is -1.99. The largest absolute Gasteiger partial charge is 0.478 e. The number of carboxylic acid groups (broad SMARTS) is 1. The average molecular weight is 370 g/mol. The normalized spacial score (nSPS) is 19.8. The lowest BCUT2D eigenvalue weighted by Gasteiger charge is -2.46. The van der Waals surface area contributed by atoms with Gasteiger partial charge in [-0.15, -0.1) is 0 Å². The van der Waals surface area contributed by atoms with Crippen molar-refractivity contribution in [2.75, 3.05) is 4.90 Å². The molecule has 1 aliphatic heterocycles. The molecule has 0 amide bonds. The van der Waals surface area contributed by atoms with Crippen LogP contribution in [-0.2, 0) is 0 Å². The first-order chi connectivity index (χ1) is 11.3. The Kier molecular flexibility index (Phi) is 4.31. The van der Waals surface area contributed by atoms with Gasteiger partial charge in [-0.1, -0.05) is 29.6 Å². The molecule has 0 unspecified atom stereocenters. The van der Waals surface area contributed by atoms with Crippen LogP contribution in [0.4, 0.5) is 5.69 Å². The number of halogens is 2. The van der Waals surface area contributed by atoms with Crippen molar-refractivity contribution in [2.45, 2.75) is 37.8 Å². The van der Waals surface area contributed by atoms with Gasteiger partial charge in [0.1, 0.15) is 5.66 Å². The van der Waals surface area contributed by atoms with Gasteiger partial charge in [0.25, 0.3) is 0 Å². The molecule has 9 heteroatoms. The predicted molar refractivity (Wildman–Crippen MR) is 95.0 cm³/mol. The summed E-state index contributed by atoms with van der Waals surface area (Å²) in [6, 6.07) is 2.83. The number of rotatable bonds is 2. The molecule has 1 aliphatic carbocycles. The van der Waals surface area contributed by atoms with E-state index in [2.05, 4.69) is 9.98 Å². The molecule has 3 rings (SSSR count). The molecule has 5 N–H and O–H groups in total. The van der Waals surface area contributed by atoms with Gasteiger partial charge in [-0.2, -0.15) is 4.99 Å². The highest BCUT2D eigenvalue weighted by molar-refractivity contribution is 6.38. The smallest absolute Gasteiger partial charge is 0.337 e. The van der Waals surface area contributed by atoms with E-state index in [1.165, 1.54) is 12.1 Å². The number of hydrogen-bond acceptors (Lipinski definition) is 6. The molecule has 0 saturated heterocycles. The number of aliphatic imine (C=N–C) groups is 2. The van der Waals surface area contributed by atoms with Crippen LogP contribution in [0.3, 0.4) is 0 Å². The van der Waals surface area contributed by atoms with Crippen LogP contribution in [0.25, 0.3) is 0 Å². The molecular formula is C15H17Cl2N5O2. The third kappa shape index (κ3) is 2.78. The van der Waals surface area contributed by atoms with Crippen LogP contribution in [-0.4, -0.2) is 28.7 Å². The third-order valence-electron chi connectivity index (χ3n) is 4.33. The van der Waals surface area contributed by atoms with Gasteiger partial charge in [0, 0.05) is 5.02 Å². The predicted octanol–water partition coefficient (Wildman–Crippen LogP) is 2.80. The number of hydrogen-bond donors (Lipinski definition) is 3. The van der Waals surface area contributed by atoms with Gasteiger partial charge in [0.15, 0.2) is 0 Å². The Bertz CT molecular complexity index is 756. The van der Waals surface area contributed by atoms with E-state index in [9.17, 15) is 9.90 Å². The van der Waals surface area contributed by atoms with Gasteiger partial charge in [-0.05, 0) is 37.8 Å². The second-order valence-corrected chi connectivity index (χ2v) is 6.75. The fraction of sp³-hybridized carbons (Fsp3) is 0.400. The van der Waals surface area contributed by atoms with E-state index in [1.807, 2.05) is 0 Å². The molecule has 2 aliphatic rings. The minimum Gasteiger partial charge on any atom is -0.478 e. The molecule has 1 aromatic carbocycles. The van der Waals surface area contributed by atoms with Gasteiger partial charge < -0.3 is 16.6 Å². The standard InChI is InChI=1S/C15H17Cl2N5O2/c16-8-6-9(12(23)24)11(10(17)7-8)22-14(19)20-13(18)21-15(22)4-2-1-3-5-15/h6-7H,1-5H2,(H,23,24)(H4,18,19,20,21). The number of anilines is 1. The molecule has 1 saturated carbocycles. The third-order valence-corrected chi connectivity index (χ3v) is 4.84. The molecule has 24 heavy (non-hydrogen) atoms. The topological polar surface area (TPSA) is 117 Å². The summed E-state index contributed by atoms with van der Waals surface area (Å²) >= 11 is 12.3. The molecule has 0 aromatic heterocycles. The van der Waals surface area contributed by atoms with Gasteiger partial charge in [0.2, 0.25) is 11.9 Å². The number of guanidine groups is 2. The van der Waals surface area contributed by atoms with E-state index in [0.29, 0.717) is 12.8 Å². The van der Waals surface area contributed by atoms with Crippen LogP contribution < -0.4 is 16.4 Å². The average Bonchev–Trinajstić information content (AvgIpc) is 2.48. The lowest BCUT2D eigenvalue weighted by atomic mass is 9.87. The number of aromatic carboxylic acids is 1. The van der Waals surface area contributed by atoms with Crippen molar-refractivity contribution >= 4 is 46.8 Å². The van der Waals surface area contributed by atoms with Crippen molar-refractivity contribution in [1.29, 1.82) is 0 Å². The molecule has 0 atom stereocenters. The van der Waals surface area contributed by atoms with Crippen LogP contribution in [0.1, 0.15) is 42.5 Å². The Balaban J connectivity index is 2.23. The first kappa shape index (κ1) is 16.9. The van der Waals surface area contributed by atoms with Crippen molar-refractivity contribution < 1.29 is 9.90 Å². The Morgan fingerprint density at radius 3 is 2.50 bits per heavy atom. The molecule has 1 fully saturated rings. The molecule has 1 heterocycles. The van der Waals surface area contributed by atoms with Crippen LogP contribution >= 0.6 is 23.2 Å². The molecule has 1 aromatic rings. The monoisotopic (exact) mass is 369 g/mol. The minimum absolute atomic E-state index is 0.0498. The maximum atomic E-state index is 11.7. The molecule has 7 nitrogen and oxygen atoms in total. The highest BCUT2D eigenvalue weighted by Crippen LogP contribution is 2.44. The molecule has 0 bridgehead atoms. The van der Waals surface area contributed by atoms with Gasteiger partial charge in [-0.3, -0.25) is 4.90 Å². The number of nitrogens with zero attached hydrogens (tertiary/aromatic N) is 3. The van der Waals surface area contributed by atoms with E-state index < -0.39 is 11.6 Å². The second-order valence-electron chi connectivity index (χ2n) is 5.91. The Morgan fingerprint density at radius 2 is 1.88 bits per heavy atom. The van der Waals surface area contributed by atoms with Crippen molar-refractivity contribution in [1.82, 2.24) is 0 Å². The molecular weight excluding hydrogens is 353 g/mol. The zero-order valence-corrected chi connectivity index (χ0v) is 14.3. The summed E-state index contributed by atoms with van der Waals surface area (Å²) in [6.45, 7) is 0. The zero-order chi connectivity index (χ0) is 17.5. The van der Waals surface area contributed by atoms with Crippen LogP contribution in [0, 0.1) is 0 Å². The summed E-state index contributed by atoms with van der Waals surface area (Å²) in [5.74, 6) is -0.987. The fourth-order valence-electron chi connectivity index (χ4n) is 3.40. The van der Waals surface area contributed by atoms with Gasteiger partial charge >= 0.3 is 5.97 Å². The van der Waals surface area contributed by atoms with Crippen molar-refractivity contribution in [3.8, 4) is 0 Å².